The monoisotopic (exact) mass is 118 g/mol. The summed E-state index contributed by atoms with van der Waals surface area (Å²) in [6.07, 6.45) is -1.63. The summed E-state index contributed by atoms with van der Waals surface area (Å²) >= 11 is 0. The maximum atomic E-state index is 11.5. The van der Waals surface area contributed by atoms with Gasteiger partial charge in [-0.1, -0.05) is 0 Å². The van der Waals surface area contributed by atoms with Gasteiger partial charge in [0.2, 0.25) is 0 Å². The number of hydrogen-bond acceptors (Lipinski definition) is 2. The third kappa shape index (κ3) is 0.882. The van der Waals surface area contributed by atoms with Crippen LogP contribution in [0.3, 0.4) is 0 Å². The van der Waals surface area contributed by atoms with Crippen molar-refractivity contribution < 1.29 is 8.78 Å². The first-order chi connectivity index (χ1) is 3.80. The summed E-state index contributed by atoms with van der Waals surface area (Å²) in [6.45, 7) is 0.171. The Morgan fingerprint density at radius 3 is 2.00 bits per heavy atom. The SMILES string of the molecule is FC(F)=C1CN=NC1. The predicted octanol–water partition coefficient (Wildman–Crippen LogP) is 1.60. The van der Waals surface area contributed by atoms with Gasteiger partial charge in [-0.05, 0) is 0 Å². The minimum atomic E-state index is -1.63. The molecule has 2 nitrogen and oxygen atoms in total. The molecule has 1 rings (SSSR count). The number of hydrogen-bond donors (Lipinski definition) is 0. The molecule has 0 N–H and O–H groups in total. The van der Waals surface area contributed by atoms with Gasteiger partial charge >= 0.3 is 0 Å². The van der Waals surface area contributed by atoms with Crippen LogP contribution in [0.15, 0.2) is 21.9 Å². The van der Waals surface area contributed by atoms with Crippen LogP contribution in [0.4, 0.5) is 8.78 Å². The smallest absolute Gasteiger partial charge is 0.189 e. The van der Waals surface area contributed by atoms with Crippen LogP contribution < -0.4 is 0 Å². The van der Waals surface area contributed by atoms with Gasteiger partial charge < -0.3 is 0 Å². The lowest BCUT2D eigenvalue weighted by Gasteiger charge is -1.84. The second-order valence-corrected chi connectivity index (χ2v) is 1.46. The van der Waals surface area contributed by atoms with E-state index in [-0.39, 0.29) is 18.7 Å². The van der Waals surface area contributed by atoms with Gasteiger partial charge in [0.15, 0.2) is 0 Å². The summed E-state index contributed by atoms with van der Waals surface area (Å²) in [7, 11) is 0. The van der Waals surface area contributed by atoms with E-state index in [1.165, 1.54) is 0 Å². The van der Waals surface area contributed by atoms with Crippen molar-refractivity contribution >= 4 is 0 Å². The molecule has 0 fully saturated rings. The summed E-state index contributed by atoms with van der Waals surface area (Å²) < 4.78 is 23.0. The van der Waals surface area contributed by atoms with Crippen molar-refractivity contribution in [1.82, 2.24) is 0 Å². The maximum absolute atomic E-state index is 11.5. The first kappa shape index (κ1) is 5.34. The molecule has 4 heteroatoms. The van der Waals surface area contributed by atoms with E-state index in [4.69, 9.17) is 0 Å². The first-order valence-electron chi connectivity index (χ1n) is 2.17. The predicted molar refractivity (Wildman–Crippen MR) is 23.8 cm³/mol. The van der Waals surface area contributed by atoms with Crippen LogP contribution in [-0.2, 0) is 0 Å². The molecule has 0 amide bonds. The Balaban J connectivity index is 2.64. The molecule has 1 heterocycles. The van der Waals surface area contributed by atoms with Crippen molar-refractivity contribution in [2.45, 2.75) is 0 Å². The normalized spacial score (nSPS) is 17.5. The summed E-state index contributed by atoms with van der Waals surface area (Å²) in [5, 5.41) is 6.75. The van der Waals surface area contributed by atoms with E-state index in [9.17, 15) is 8.78 Å². The van der Waals surface area contributed by atoms with E-state index >= 15 is 0 Å². The van der Waals surface area contributed by atoms with Crippen LogP contribution >= 0.6 is 0 Å². The Labute approximate surface area is 44.9 Å². The summed E-state index contributed by atoms with van der Waals surface area (Å²) in [6, 6.07) is 0. The minimum Gasteiger partial charge on any atom is -0.189 e. The van der Waals surface area contributed by atoms with E-state index in [1.54, 1.807) is 0 Å². The van der Waals surface area contributed by atoms with E-state index in [2.05, 4.69) is 10.2 Å². The Hall–Kier alpha value is -0.800. The average Bonchev–Trinajstić information content (AvgIpc) is 2.12. The van der Waals surface area contributed by atoms with Crippen LogP contribution in [0.1, 0.15) is 0 Å². The lowest BCUT2D eigenvalue weighted by atomic mass is 10.3. The first-order valence-corrected chi connectivity index (χ1v) is 2.17. The van der Waals surface area contributed by atoms with E-state index in [0.717, 1.165) is 0 Å². The lowest BCUT2D eigenvalue weighted by Crippen LogP contribution is -1.85. The zero-order valence-electron chi connectivity index (χ0n) is 4.06. The highest BCUT2D eigenvalue weighted by atomic mass is 19.3. The molecule has 0 saturated heterocycles. The van der Waals surface area contributed by atoms with Crippen LogP contribution in [0, 0.1) is 0 Å². The number of rotatable bonds is 0. The highest BCUT2D eigenvalue weighted by Crippen LogP contribution is 2.12. The Morgan fingerprint density at radius 2 is 1.75 bits per heavy atom. The van der Waals surface area contributed by atoms with Gasteiger partial charge in [-0.2, -0.15) is 19.0 Å². The molecule has 1 aliphatic heterocycles. The van der Waals surface area contributed by atoms with E-state index in [1.807, 2.05) is 0 Å². The van der Waals surface area contributed by atoms with E-state index in [0.29, 0.717) is 0 Å². The van der Waals surface area contributed by atoms with Gasteiger partial charge in [0.05, 0.1) is 13.1 Å². The molecule has 0 aromatic carbocycles. The van der Waals surface area contributed by atoms with Crippen LogP contribution in [0.25, 0.3) is 0 Å². The van der Waals surface area contributed by atoms with Crippen molar-refractivity contribution in [2.75, 3.05) is 13.1 Å². The quantitative estimate of drug-likeness (QED) is 0.461. The summed E-state index contributed by atoms with van der Waals surface area (Å²) in [4.78, 5) is 0. The molecule has 0 aromatic heterocycles. The van der Waals surface area contributed by atoms with Gasteiger partial charge in [-0.25, -0.2) is 0 Å². The molecule has 0 spiro atoms. The molecule has 0 radical (unpaired) electrons. The molecule has 0 saturated carbocycles. The fourth-order valence-electron chi connectivity index (χ4n) is 0.440. The second-order valence-electron chi connectivity index (χ2n) is 1.46. The second kappa shape index (κ2) is 1.98. The molecule has 0 bridgehead atoms. The molecular formula is C4H4F2N2. The Kier molecular flexibility index (Phi) is 1.32. The molecule has 1 aliphatic rings. The van der Waals surface area contributed by atoms with Crippen molar-refractivity contribution in [3.8, 4) is 0 Å². The van der Waals surface area contributed by atoms with Crippen molar-refractivity contribution in [1.29, 1.82) is 0 Å². The highest BCUT2D eigenvalue weighted by molar-refractivity contribution is 5.09. The largest absolute Gasteiger partial charge is 0.273 e. The van der Waals surface area contributed by atoms with Crippen LogP contribution in [0.2, 0.25) is 0 Å². The number of nitrogens with zero attached hydrogens (tertiary/aromatic N) is 2. The van der Waals surface area contributed by atoms with Crippen molar-refractivity contribution in [3.63, 3.8) is 0 Å². The lowest BCUT2D eigenvalue weighted by molar-refractivity contribution is 0.411. The molecule has 0 unspecified atom stereocenters. The Bertz CT molecular complexity index is 136. The van der Waals surface area contributed by atoms with Crippen molar-refractivity contribution in [2.24, 2.45) is 10.2 Å². The standard InChI is InChI=1S/C4H4F2N2/c5-4(6)3-1-7-8-2-3/h1-2H2. The zero-order valence-corrected chi connectivity index (χ0v) is 4.06. The summed E-state index contributed by atoms with van der Waals surface area (Å²) in [5.74, 6) is 0. The van der Waals surface area contributed by atoms with Gasteiger partial charge in [0.1, 0.15) is 0 Å². The maximum Gasteiger partial charge on any atom is 0.273 e. The Morgan fingerprint density at radius 1 is 1.25 bits per heavy atom. The third-order valence-corrected chi connectivity index (χ3v) is 0.890. The fourth-order valence-corrected chi connectivity index (χ4v) is 0.440. The minimum absolute atomic E-state index is 0.0463. The fraction of sp³-hybridized carbons (Fsp3) is 0.500. The molecule has 0 aromatic rings. The number of azo groups is 1. The molecule has 0 atom stereocenters. The van der Waals surface area contributed by atoms with Crippen LogP contribution in [0.5, 0.6) is 0 Å². The van der Waals surface area contributed by atoms with Gasteiger partial charge in [0, 0.05) is 5.57 Å². The highest BCUT2D eigenvalue weighted by Gasteiger charge is 2.08. The van der Waals surface area contributed by atoms with Gasteiger partial charge in [-0.15, -0.1) is 0 Å². The van der Waals surface area contributed by atoms with Crippen LogP contribution in [-0.4, -0.2) is 13.1 Å². The van der Waals surface area contributed by atoms with Gasteiger partial charge in [0.25, 0.3) is 6.08 Å². The summed E-state index contributed by atoms with van der Waals surface area (Å²) in [5.41, 5.74) is 0.0463. The molecular weight excluding hydrogens is 114 g/mol. The molecule has 8 heavy (non-hydrogen) atoms. The third-order valence-electron chi connectivity index (χ3n) is 0.890. The zero-order chi connectivity index (χ0) is 5.98. The van der Waals surface area contributed by atoms with E-state index < -0.39 is 6.08 Å². The van der Waals surface area contributed by atoms with Gasteiger partial charge in [-0.3, -0.25) is 0 Å². The number of halogens is 2. The van der Waals surface area contributed by atoms with Crippen molar-refractivity contribution in [3.05, 3.63) is 11.7 Å². The molecule has 0 aliphatic carbocycles. The average molecular weight is 118 g/mol. The topological polar surface area (TPSA) is 24.7 Å². The molecule has 44 valence electrons.